The Hall–Kier alpha value is -2.68. The third kappa shape index (κ3) is 4.66. The fourth-order valence-electron chi connectivity index (χ4n) is 3.82. The Morgan fingerprint density at radius 2 is 1.94 bits per heavy atom. The van der Waals surface area contributed by atoms with Gasteiger partial charge >= 0.3 is 0 Å². The number of hydrogen-bond donors (Lipinski definition) is 1. The number of halogens is 1. The van der Waals surface area contributed by atoms with E-state index in [1.54, 1.807) is 26.4 Å². The lowest BCUT2D eigenvalue weighted by molar-refractivity contribution is 0.0162. The van der Waals surface area contributed by atoms with Gasteiger partial charge in [0.25, 0.3) is 5.91 Å². The molecule has 3 aromatic rings. The standard InChI is InChI=1S/C23H25FN2O4S/c1-28-19-7-6-15(12-20(19)29-2)18(26-8-10-30-11-9-26)14-25-23(27)22-13-16-17(24)4-3-5-21(16)31-22/h3-7,12-13,18H,8-11,14H2,1-2H3,(H,25,27). The van der Waals surface area contributed by atoms with Gasteiger partial charge in [0.2, 0.25) is 0 Å². The highest BCUT2D eigenvalue weighted by Crippen LogP contribution is 2.32. The van der Waals surface area contributed by atoms with Crippen LogP contribution in [0.2, 0.25) is 0 Å². The van der Waals surface area contributed by atoms with E-state index in [2.05, 4.69) is 10.2 Å². The van der Waals surface area contributed by atoms with Crippen molar-refractivity contribution in [1.29, 1.82) is 0 Å². The van der Waals surface area contributed by atoms with Crippen molar-refractivity contribution in [2.24, 2.45) is 0 Å². The average molecular weight is 445 g/mol. The molecule has 2 aromatic carbocycles. The molecule has 1 amide bonds. The van der Waals surface area contributed by atoms with E-state index in [9.17, 15) is 9.18 Å². The van der Waals surface area contributed by atoms with Crippen LogP contribution in [0, 0.1) is 5.82 Å². The van der Waals surface area contributed by atoms with Crippen LogP contribution in [0.1, 0.15) is 21.3 Å². The Bertz CT molecular complexity index is 1060. The molecule has 1 aliphatic heterocycles. The second-order valence-corrected chi connectivity index (χ2v) is 8.33. The average Bonchev–Trinajstić information content (AvgIpc) is 3.25. The fourth-order valence-corrected chi connectivity index (χ4v) is 4.81. The van der Waals surface area contributed by atoms with Crippen molar-refractivity contribution in [3.8, 4) is 11.5 Å². The second-order valence-electron chi connectivity index (χ2n) is 7.25. The number of carbonyl (C=O) groups excluding carboxylic acids is 1. The number of rotatable bonds is 7. The van der Waals surface area contributed by atoms with Crippen LogP contribution in [0.25, 0.3) is 10.1 Å². The van der Waals surface area contributed by atoms with E-state index < -0.39 is 0 Å². The number of morpholine rings is 1. The van der Waals surface area contributed by atoms with Gasteiger partial charge in [0, 0.05) is 29.7 Å². The third-order valence-corrected chi connectivity index (χ3v) is 6.57. The number of fused-ring (bicyclic) bond motifs is 1. The summed E-state index contributed by atoms with van der Waals surface area (Å²) in [4.78, 5) is 15.6. The molecule has 1 atom stereocenters. The normalized spacial score (nSPS) is 15.6. The Morgan fingerprint density at radius 3 is 2.65 bits per heavy atom. The minimum atomic E-state index is -0.315. The third-order valence-electron chi connectivity index (χ3n) is 5.47. The van der Waals surface area contributed by atoms with Gasteiger partial charge in [-0.1, -0.05) is 12.1 Å². The quantitative estimate of drug-likeness (QED) is 0.600. The van der Waals surface area contributed by atoms with Gasteiger partial charge in [-0.25, -0.2) is 4.39 Å². The first kappa shape index (κ1) is 21.5. The molecule has 0 saturated carbocycles. The molecule has 1 saturated heterocycles. The van der Waals surface area contributed by atoms with Gasteiger partial charge in [-0.2, -0.15) is 0 Å². The molecule has 0 radical (unpaired) electrons. The molecule has 31 heavy (non-hydrogen) atoms. The number of carbonyl (C=O) groups is 1. The van der Waals surface area contributed by atoms with Crippen LogP contribution in [-0.2, 0) is 4.74 Å². The highest BCUT2D eigenvalue weighted by molar-refractivity contribution is 7.20. The van der Waals surface area contributed by atoms with Gasteiger partial charge in [0.05, 0.1) is 38.4 Å². The summed E-state index contributed by atoms with van der Waals surface area (Å²) in [6.45, 7) is 3.23. The number of nitrogens with zero attached hydrogens (tertiary/aromatic N) is 1. The minimum absolute atomic E-state index is 0.0567. The number of hydrogen-bond acceptors (Lipinski definition) is 6. The minimum Gasteiger partial charge on any atom is -0.493 e. The summed E-state index contributed by atoms with van der Waals surface area (Å²) in [6.07, 6.45) is 0. The van der Waals surface area contributed by atoms with E-state index in [-0.39, 0.29) is 17.8 Å². The van der Waals surface area contributed by atoms with Crippen LogP contribution in [0.5, 0.6) is 11.5 Å². The van der Waals surface area contributed by atoms with E-state index in [1.807, 2.05) is 24.3 Å². The predicted octanol–water partition coefficient (Wildman–Crippen LogP) is 3.86. The SMILES string of the molecule is COc1ccc(C(CNC(=O)c2cc3c(F)cccc3s2)N2CCOCC2)cc1OC. The summed E-state index contributed by atoms with van der Waals surface area (Å²) in [5.41, 5.74) is 1.02. The Labute approximate surface area is 184 Å². The summed E-state index contributed by atoms with van der Waals surface area (Å²) in [6, 6.07) is 12.2. The monoisotopic (exact) mass is 444 g/mol. The zero-order valence-corrected chi connectivity index (χ0v) is 18.3. The van der Waals surface area contributed by atoms with E-state index in [0.29, 0.717) is 41.5 Å². The van der Waals surface area contributed by atoms with Crippen LogP contribution in [0.15, 0.2) is 42.5 Å². The summed E-state index contributed by atoms with van der Waals surface area (Å²) < 4.78 is 31.1. The van der Waals surface area contributed by atoms with Crippen LogP contribution in [-0.4, -0.2) is 57.9 Å². The van der Waals surface area contributed by atoms with E-state index in [0.717, 1.165) is 23.4 Å². The van der Waals surface area contributed by atoms with Crippen molar-refractivity contribution in [1.82, 2.24) is 10.2 Å². The number of methoxy groups -OCH3 is 2. The molecule has 1 aliphatic rings. The molecular formula is C23H25FN2O4S. The number of nitrogens with one attached hydrogen (secondary N) is 1. The highest BCUT2D eigenvalue weighted by Gasteiger charge is 2.25. The van der Waals surface area contributed by atoms with Gasteiger partial charge in [-0.3, -0.25) is 9.69 Å². The van der Waals surface area contributed by atoms with Crippen molar-refractivity contribution in [2.75, 3.05) is 47.1 Å². The number of benzene rings is 2. The van der Waals surface area contributed by atoms with Crippen molar-refractivity contribution in [3.05, 3.63) is 58.7 Å². The number of thiophene rings is 1. The Morgan fingerprint density at radius 1 is 1.16 bits per heavy atom. The maximum atomic E-state index is 14.0. The predicted molar refractivity (Wildman–Crippen MR) is 119 cm³/mol. The van der Waals surface area contributed by atoms with E-state index >= 15 is 0 Å². The maximum absolute atomic E-state index is 14.0. The molecule has 0 spiro atoms. The van der Waals surface area contributed by atoms with Gasteiger partial charge in [0.15, 0.2) is 11.5 Å². The molecule has 6 nitrogen and oxygen atoms in total. The van der Waals surface area contributed by atoms with Crippen LogP contribution in [0.4, 0.5) is 4.39 Å². The number of ether oxygens (including phenoxy) is 3. The molecule has 0 aliphatic carbocycles. The lowest BCUT2D eigenvalue weighted by Crippen LogP contribution is -2.43. The van der Waals surface area contributed by atoms with Crippen molar-refractivity contribution >= 4 is 27.3 Å². The molecule has 164 valence electrons. The molecule has 1 unspecified atom stereocenters. The van der Waals surface area contributed by atoms with Crippen molar-refractivity contribution in [2.45, 2.75) is 6.04 Å². The molecule has 1 aromatic heterocycles. The van der Waals surface area contributed by atoms with Gasteiger partial charge in [0.1, 0.15) is 5.82 Å². The zero-order chi connectivity index (χ0) is 21.8. The van der Waals surface area contributed by atoms with Crippen LogP contribution < -0.4 is 14.8 Å². The molecule has 8 heteroatoms. The smallest absolute Gasteiger partial charge is 0.261 e. The van der Waals surface area contributed by atoms with Crippen LogP contribution >= 0.6 is 11.3 Å². The molecule has 4 rings (SSSR count). The molecule has 1 fully saturated rings. The first-order chi connectivity index (χ1) is 15.1. The van der Waals surface area contributed by atoms with Gasteiger partial charge in [-0.05, 0) is 35.9 Å². The van der Waals surface area contributed by atoms with Crippen molar-refractivity contribution < 1.29 is 23.4 Å². The summed E-state index contributed by atoms with van der Waals surface area (Å²) in [5.74, 6) is 0.775. The second kappa shape index (κ2) is 9.64. The fraction of sp³-hybridized carbons (Fsp3) is 0.348. The lowest BCUT2D eigenvalue weighted by atomic mass is 10.0. The summed E-state index contributed by atoms with van der Waals surface area (Å²) in [5, 5.41) is 3.51. The maximum Gasteiger partial charge on any atom is 0.261 e. The van der Waals surface area contributed by atoms with E-state index in [4.69, 9.17) is 14.2 Å². The molecular weight excluding hydrogens is 419 g/mol. The van der Waals surface area contributed by atoms with Gasteiger partial charge in [-0.15, -0.1) is 11.3 Å². The number of amides is 1. The first-order valence-corrected chi connectivity index (χ1v) is 10.9. The molecule has 1 N–H and O–H groups in total. The Kier molecular flexibility index (Phi) is 6.70. The summed E-state index contributed by atoms with van der Waals surface area (Å²) in [7, 11) is 3.21. The molecule has 2 heterocycles. The van der Waals surface area contributed by atoms with Gasteiger partial charge < -0.3 is 19.5 Å². The van der Waals surface area contributed by atoms with Crippen molar-refractivity contribution in [3.63, 3.8) is 0 Å². The lowest BCUT2D eigenvalue weighted by Gasteiger charge is -2.35. The summed E-state index contributed by atoms with van der Waals surface area (Å²) >= 11 is 1.29. The zero-order valence-electron chi connectivity index (χ0n) is 17.5. The Balaban J connectivity index is 1.55. The topological polar surface area (TPSA) is 60.0 Å². The largest absolute Gasteiger partial charge is 0.493 e. The highest BCUT2D eigenvalue weighted by atomic mass is 32.1. The first-order valence-electron chi connectivity index (χ1n) is 10.1. The molecule has 0 bridgehead atoms. The van der Waals surface area contributed by atoms with Crippen LogP contribution in [0.3, 0.4) is 0 Å². The van der Waals surface area contributed by atoms with E-state index in [1.165, 1.54) is 17.4 Å².